The van der Waals surface area contributed by atoms with E-state index in [0.29, 0.717) is 0 Å². The Morgan fingerprint density at radius 1 is 1.38 bits per heavy atom. The Bertz CT molecular complexity index is 290. The Morgan fingerprint density at radius 3 is 3.08 bits per heavy atom. The average Bonchev–Trinajstić information content (AvgIpc) is 2.18. The SMILES string of the molecule is OCCN1CSc2ccccc2C1. The number of β-amino-alcohol motifs (C(OH)–C–C–N with tert-alkyl or cyclic N) is 1. The van der Waals surface area contributed by atoms with E-state index in [0.717, 1.165) is 19.0 Å². The molecule has 3 heteroatoms. The fourth-order valence-corrected chi connectivity index (χ4v) is 2.54. The first-order chi connectivity index (χ1) is 6.40. The van der Waals surface area contributed by atoms with Gasteiger partial charge in [0.1, 0.15) is 0 Å². The number of aliphatic hydroxyl groups is 1. The van der Waals surface area contributed by atoms with Crippen molar-refractivity contribution < 1.29 is 5.11 Å². The Balaban J connectivity index is 2.11. The highest BCUT2D eigenvalue weighted by molar-refractivity contribution is 7.99. The Hall–Kier alpha value is -0.510. The molecule has 0 atom stereocenters. The molecule has 1 aromatic rings. The molecule has 1 N–H and O–H groups in total. The Kier molecular flexibility index (Phi) is 2.88. The second-order valence-electron chi connectivity index (χ2n) is 3.16. The van der Waals surface area contributed by atoms with Gasteiger partial charge in [0.15, 0.2) is 0 Å². The monoisotopic (exact) mass is 195 g/mol. The maximum absolute atomic E-state index is 8.82. The molecule has 0 radical (unpaired) electrons. The topological polar surface area (TPSA) is 23.5 Å². The molecule has 1 heterocycles. The van der Waals surface area contributed by atoms with Gasteiger partial charge in [-0.1, -0.05) is 18.2 Å². The summed E-state index contributed by atoms with van der Waals surface area (Å²) in [5, 5.41) is 8.82. The molecule has 1 aliphatic heterocycles. The van der Waals surface area contributed by atoms with Crippen LogP contribution in [0.5, 0.6) is 0 Å². The molecule has 2 rings (SSSR count). The number of hydrogen-bond donors (Lipinski definition) is 1. The van der Waals surface area contributed by atoms with Crippen LogP contribution < -0.4 is 0 Å². The van der Waals surface area contributed by atoms with Gasteiger partial charge in [-0.05, 0) is 11.6 Å². The number of hydrogen-bond acceptors (Lipinski definition) is 3. The van der Waals surface area contributed by atoms with E-state index in [1.165, 1.54) is 10.5 Å². The van der Waals surface area contributed by atoms with Crippen LogP contribution in [-0.2, 0) is 6.54 Å². The first-order valence-corrected chi connectivity index (χ1v) is 5.42. The molecule has 0 fully saturated rings. The molecule has 0 aromatic heterocycles. The fourth-order valence-electron chi connectivity index (χ4n) is 1.51. The van der Waals surface area contributed by atoms with Crippen LogP contribution in [0.4, 0.5) is 0 Å². The average molecular weight is 195 g/mol. The minimum Gasteiger partial charge on any atom is -0.395 e. The van der Waals surface area contributed by atoms with Crippen molar-refractivity contribution in [2.45, 2.75) is 11.4 Å². The van der Waals surface area contributed by atoms with E-state index in [1.807, 2.05) is 11.8 Å². The number of thioether (sulfide) groups is 1. The number of nitrogens with zero attached hydrogens (tertiary/aromatic N) is 1. The molecule has 0 unspecified atom stereocenters. The molecule has 13 heavy (non-hydrogen) atoms. The highest BCUT2D eigenvalue weighted by atomic mass is 32.2. The van der Waals surface area contributed by atoms with Crippen molar-refractivity contribution in [2.75, 3.05) is 19.0 Å². The van der Waals surface area contributed by atoms with E-state index in [1.54, 1.807) is 0 Å². The lowest BCUT2D eigenvalue weighted by Gasteiger charge is -2.27. The first-order valence-electron chi connectivity index (χ1n) is 4.44. The van der Waals surface area contributed by atoms with Crippen molar-refractivity contribution in [3.63, 3.8) is 0 Å². The van der Waals surface area contributed by atoms with E-state index in [-0.39, 0.29) is 6.61 Å². The van der Waals surface area contributed by atoms with Crippen LogP contribution in [0, 0.1) is 0 Å². The molecule has 0 saturated carbocycles. The fraction of sp³-hybridized carbons (Fsp3) is 0.400. The quantitative estimate of drug-likeness (QED) is 0.774. The van der Waals surface area contributed by atoms with Crippen LogP contribution in [0.3, 0.4) is 0 Å². The first kappa shape index (κ1) is 9.06. The lowest BCUT2D eigenvalue weighted by Crippen LogP contribution is -2.28. The summed E-state index contributed by atoms with van der Waals surface area (Å²) < 4.78 is 0. The van der Waals surface area contributed by atoms with Gasteiger partial charge >= 0.3 is 0 Å². The zero-order valence-corrected chi connectivity index (χ0v) is 8.26. The zero-order valence-electron chi connectivity index (χ0n) is 7.44. The van der Waals surface area contributed by atoms with Gasteiger partial charge in [-0.3, -0.25) is 4.90 Å². The van der Waals surface area contributed by atoms with E-state index >= 15 is 0 Å². The van der Waals surface area contributed by atoms with Crippen LogP contribution in [0.1, 0.15) is 5.56 Å². The summed E-state index contributed by atoms with van der Waals surface area (Å²) in [6.45, 7) is 2.01. The molecule has 0 spiro atoms. The molecule has 2 nitrogen and oxygen atoms in total. The summed E-state index contributed by atoms with van der Waals surface area (Å²) in [7, 11) is 0. The van der Waals surface area contributed by atoms with Gasteiger partial charge in [0.2, 0.25) is 0 Å². The van der Waals surface area contributed by atoms with Gasteiger partial charge in [-0.15, -0.1) is 11.8 Å². The summed E-state index contributed by atoms with van der Waals surface area (Å²) in [5.41, 5.74) is 1.38. The van der Waals surface area contributed by atoms with Crippen molar-refractivity contribution in [3.8, 4) is 0 Å². The molecule has 0 aliphatic carbocycles. The van der Waals surface area contributed by atoms with Gasteiger partial charge in [0.25, 0.3) is 0 Å². The summed E-state index contributed by atoms with van der Waals surface area (Å²) in [6, 6.07) is 8.47. The normalized spacial score (nSPS) is 17.0. The van der Waals surface area contributed by atoms with Crippen molar-refractivity contribution in [1.82, 2.24) is 4.90 Å². The number of benzene rings is 1. The minimum atomic E-state index is 0.253. The Morgan fingerprint density at radius 2 is 2.23 bits per heavy atom. The lowest BCUT2D eigenvalue weighted by molar-refractivity contribution is 0.209. The second-order valence-corrected chi connectivity index (χ2v) is 4.14. The maximum atomic E-state index is 8.82. The predicted octanol–water partition coefficient (Wildman–Crippen LogP) is 1.54. The van der Waals surface area contributed by atoms with Gasteiger partial charge in [-0.25, -0.2) is 0 Å². The maximum Gasteiger partial charge on any atom is 0.0558 e. The third-order valence-electron chi connectivity index (χ3n) is 2.19. The van der Waals surface area contributed by atoms with Crippen molar-refractivity contribution in [2.24, 2.45) is 0 Å². The van der Waals surface area contributed by atoms with Crippen LogP contribution in [0.15, 0.2) is 29.2 Å². The van der Waals surface area contributed by atoms with Gasteiger partial charge in [-0.2, -0.15) is 0 Å². The van der Waals surface area contributed by atoms with E-state index in [2.05, 4.69) is 29.2 Å². The highest BCUT2D eigenvalue weighted by Crippen LogP contribution is 2.29. The minimum absolute atomic E-state index is 0.253. The summed E-state index contributed by atoms with van der Waals surface area (Å²) >= 11 is 1.85. The number of rotatable bonds is 2. The standard InChI is InChI=1S/C10H13NOS/c12-6-5-11-7-9-3-1-2-4-10(9)13-8-11/h1-4,12H,5-8H2. The van der Waals surface area contributed by atoms with E-state index < -0.39 is 0 Å². The summed E-state index contributed by atoms with van der Waals surface area (Å²) in [6.07, 6.45) is 0. The number of aliphatic hydroxyl groups excluding tert-OH is 1. The molecular formula is C10H13NOS. The van der Waals surface area contributed by atoms with E-state index in [9.17, 15) is 0 Å². The van der Waals surface area contributed by atoms with Crippen molar-refractivity contribution in [1.29, 1.82) is 0 Å². The molecule has 0 bridgehead atoms. The largest absolute Gasteiger partial charge is 0.395 e. The smallest absolute Gasteiger partial charge is 0.0558 e. The van der Waals surface area contributed by atoms with Crippen molar-refractivity contribution >= 4 is 11.8 Å². The van der Waals surface area contributed by atoms with Crippen LogP contribution in [-0.4, -0.2) is 29.0 Å². The molecule has 1 aliphatic rings. The van der Waals surface area contributed by atoms with E-state index in [4.69, 9.17) is 5.11 Å². The van der Waals surface area contributed by atoms with Gasteiger partial charge in [0, 0.05) is 23.9 Å². The molecule has 70 valence electrons. The van der Waals surface area contributed by atoms with Crippen LogP contribution in [0.25, 0.3) is 0 Å². The molecule has 1 aromatic carbocycles. The van der Waals surface area contributed by atoms with Gasteiger partial charge < -0.3 is 5.11 Å². The Labute approximate surface area is 82.6 Å². The summed E-state index contributed by atoms with van der Waals surface area (Å²) in [4.78, 5) is 3.64. The number of fused-ring (bicyclic) bond motifs is 1. The van der Waals surface area contributed by atoms with Gasteiger partial charge in [0.05, 0.1) is 6.61 Å². The highest BCUT2D eigenvalue weighted by Gasteiger charge is 2.14. The predicted molar refractivity (Wildman–Crippen MR) is 54.7 cm³/mol. The zero-order chi connectivity index (χ0) is 9.10. The second kappa shape index (κ2) is 4.13. The molecular weight excluding hydrogens is 182 g/mol. The molecule has 0 saturated heterocycles. The summed E-state index contributed by atoms with van der Waals surface area (Å²) in [5.74, 6) is 0.998. The third-order valence-corrected chi connectivity index (χ3v) is 3.39. The molecule has 0 amide bonds. The van der Waals surface area contributed by atoms with Crippen molar-refractivity contribution in [3.05, 3.63) is 29.8 Å². The van der Waals surface area contributed by atoms with Crippen LogP contribution >= 0.6 is 11.8 Å². The van der Waals surface area contributed by atoms with Crippen LogP contribution in [0.2, 0.25) is 0 Å². The third kappa shape index (κ3) is 2.05. The lowest BCUT2D eigenvalue weighted by atomic mass is 10.2.